The Morgan fingerprint density at radius 2 is 1.86 bits per heavy atom. The quantitative estimate of drug-likeness (QED) is 0.395. The van der Waals surface area contributed by atoms with Gasteiger partial charge in [-0.15, -0.1) is 11.3 Å². The average molecular weight is 492 g/mol. The van der Waals surface area contributed by atoms with Crippen LogP contribution in [0, 0.1) is 0 Å². The van der Waals surface area contributed by atoms with Crippen molar-refractivity contribution in [2.45, 2.75) is 25.3 Å². The van der Waals surface area contributed by atoms with Gasteiger partial charge in [0, 0.05) is 49.4 Å². The minimum atomic E-state index is -0.476. The van der Waals surface area contributed by atoms with Gasteiger partial charge in [0.2, 0.25) is 5.91 Å². The van der Waals surface area contributed by atoms with E-state index in [4.69, 9.17) is 4.74 Å². The van der Waals surface area contributed by atoms with Crippen molar-refractivity contribution in [1.82, 2.24) is 10.2 Å². The van der Waals surface area contributed by atoms with Crippen molar-refractivity contribution in [3.8, 4) is 0 Å². The summed E-state index contributed by atoms with van der Waals surface area (Å²) in [6.07, 6.45) is 0.832. The Bertz CT molecular complexity index is 1100. The number of hydrogen-bond acceptors (Lipinski definition) is 5. The summed E-state index contributed by atoms with van der Waals surface area (Å²) in [6, 6.07) is 21.4. The van der Waals surface area contributed by atoms with E-state index < -0.39 is 5.92 Å². The molecule has 2 amide bonds. The first kappa shape index (κ1) is 24.9. The number of ether oxygens (including phenoxy) is 1. The molecule has 0 bridgehead atoms. The number of carbonyl (C=O) groups is 2. The number of rotatable bonds is 11. The van der Waals surface area contributed by atoms with Crippen LogP contribution < -0.4 is 10.2 Å². The molecule has 3 aromatic rings. The van der Waals surface area contributed by atoms with Gasteiger partial charge < -0.3 is 19.9 Å². The van der Waals surface area contributed by atoms with Crippen LogP contribution in [-0.2, 0) is 9.53 Å². The highest BCUT2D eigenvalue weighted by Crippen LogP contribution is 2.44. The van der Waals surface area contributed by atoms with E-state index in [0.717, 1.165) is 30.0 Å². The van der Waals surface area contributed by atoms with E-state index in [0.29, 0.717) is 25.3 Å². The van der Waals surface area contributed by atoms with Crippen molar-refractivity contribution in [3.05, 3.63) is 88.1 Å². The lowest BCUT2D eigenvalue weighted by Gasteiger charge is -2.41. The maximum absolute atomic E-state index is 13.7. The van der Waals surface area contributed by atoms with Crippen LogP contribution in [0.4, 0.5) is 5.69 Å². The van der Waals surface area contributed by atoms with Gasteiger partial charge >= 0.3 is 0 Å². The summed E-state index contributed by atoms with van der Waals surface area (Å²) >= 11 is 1.58. The number of nitrogens with zero attached hydrogens (tertiary/aromatic N) is 2. The molecule has 35 heavy (non-hydrogen) atoms. The molecule has 0 radical (unpaired) electrons. The second kappa shape index (κ2) is 12.0. The van der Waals surface area contributed by atoms with Crippen molar-refractivity contribution in [2.24, 2.45) is 0 Å². The lowest BCUT2D eigenvalue weighted by atomic mass is 9.81. The highest BCUT2D eigenvalue weighted by Gasteiger charge is 2.44. The lowest BCUT2D eigenvalue weighted by Crippen LogP contribution is -2.48. The molecule has 0 fully saturated rings. The second-order valence-corrected chi connectivity index (χ2v) is 9.56. The highest BCUT2D eigenvalue weighted by atomic mass is 32.1. The zero-order valence-electron chi connectivity index (χ0n) is 20.4. The van der Waals surface area contributed by atoms with Gasteiger partial charge in [0.15, 0.2) is 0 Å². The van der Waals surface area contributed by atoms with Crippen LogP contribution >= 0.6 is 11.3 Å². The Balaban J connectivity index is 1.52. The number of para-hydroxylation sites is 1. The maximum atomic E-state index is 13.7. The van der Waals surface area contributed by atoms with E-state index in [1.54, 1.807) is 23.3 Å². The topological polar surface area (TPSA) is 61.9 Å². The van der Waals surface area contributed by atoms with Crippen LogP contribution in [0.2, 0.25) is 0 Å². The van der Waals surface area contributed by atoms with Crippen molar-refractivity contribution >= 4 is 28.8 Å². The van der Waals surface area contributed by atoms with Crippen LogP contribution in [0.1, 0.15) is 46.1 Å². The Hall–Kier alpha value is -3.16. The molecule has 0 saturated heterocycles. The van der Waals surface area contributed by atoms with Gasteiger partial charge in [0.25, 0.3) is 5.91 Å². The third kappa shape index (κ3) is 5.57. The number of benzene rings is 2. The summed E-state index contributed by atoms with van der Waals surface area (Å²) < 4.78 is 5.30. The number of fused-ring (bicyclic) bond motifs is 1. The predicted molar refractivity (Wildman–Crippen MR) is 141 cm³/mol. The molecule has 0 spiro atoms. The predicted octanol–water partition coefficient (Wildman–Crippen LogP) is 4.71. The molecule has 4 rings (SSSR count). The summed E-state index contributed by atoms with van der Waals surface area (Å²) in [7, 11) is 1.63. The summed E-state index contributed by atoms with van der Waals surface area (Å²) in [5, 5.41) is 5.17. The van der Waals surface area contributed by atoms with E-state index >= 15 is 0 Å². The van der Waals surface area contributed by atoms with Gasteiger partial charge in [-0.1, -0.05) is 42.5 Å². The molecule has 2 aromatic carbocycles. The molecule has 0 saturated carbocycles. The molecule has 1 N–H and O–H groups in total. The number of methoxy groups -OCH3 is 1. The van der Waals surface area contributed by atoms with Crippen molar-refractivity contribution < 1.29 is 14.3 Å². The number of amides is 2. The molecule has 1 aliphatic rings. The molecule has 1 aromatic heterocycles. The fourth-order valence-electron chi connectivity index (χ4n) is 4.79. The monoisotopic (exact) mass is 491 g/mol. The molecule has 1 aliphatic heterocycles. The molecule has 7 heteroatoms. The zero-order valence-corrected chi connectivity index (χ0v) is 21.2. The summed E-state index contributed by atoms with van der Waals surface area (Å²) in [5.41, 5.74) is 2.58. The van der Waals surface area contributed by atoms with E-state index in [1.165, 1.54) is 5.69 Å². The third-order valence-corrected chi connectivity index (χ3v) is 7.44. The minimum Gasteiger partial charge on any atom is -0.383 e. The molecule has 184 valence electrons. The van der Waals surface area contributed by atoms with Gasteiger partial charge in [-0.25, -0.2) is 0 Å². The molecule has 0 unspecified atom stereocenters. The first-order chi connectivity index (χ1) is 17.2. The third-order valence-electron chi connectivity index (χ3n) is 6.50. The smallest absolute Gasteiger partial charge is 0.254 e. The average Bonchev–Trinajstić information content (AvgIpc) is 3.43. The van der Waals surface area contributed by atoms with Crippen LogP contribution in [0.3, 0.4) is 0 Å². The molecule has 6 nitrogen and oxygen atoms in total. The number of carbonyl (C=O) groups excluding carboxylic acids is 2. The van der Waals surface area contributed by atoms with Crippen molar-refractivity contribution in [1.29, 1.82) is 0 Å². The van der Waals surface area contributed by atoms with Gasteiger partial charge in [0.05, 0.1) is 18.6 Å². The van der Waals surface area contributed by atoms with Crippen LogP contribution in [0.5, 0.6) is 0 Å². The number of thiophene rings is 1. The first-order valence-corrected chi connectivity index (χ1v) is 13.0. The number of anilines is 1. The SMILES string of the molecule is CCN(CCCNC(=O)[C@@H]1c2ccccc2C(=O)N(CCOC)[C@H]1c1cccs1)c1ccccc1. The standard InChI is InChI=1S/C28H33N3O3S/c1-3-30(21-11-5-4-6-12-21)17-10-16-29-27(32)25-22-13-7-8-14-23(22)28(33)31(18-19-34-2)26(25)24-15-9-20-35-24/h4-9,11-15,20,25-26H,3,10,16-19H2,1-2H3,(H,29,32)/t25-,26+/m1/s1. The highest BCUT2D eigenvalue weighted by molar-refractivity contribution is 7.10. The molecule has 0 aliphatic carbocycles. The molecule has 2 heterocycles. The Labute approximate surface area is 211 Å². The maximum Gasteiger partial charge on any atom is 0.254 e. The largest absolute Gasteiger partial charge is 0.383 e. The number of nitrogens with one attached hydrogen (secondary N) is 1. The van der Waals surface area contributed by atoms with Gasteiger partial charge in [0.1, 0.15) is 0 Å². The molecule has 2 atom stereocenters. The van der Waals surface area contributed by atoms with E-state index in [-0.39, 0.29) is 17.9 Å². The molecular weight excluding hydrogens is 458 g/mol. The second-order valence-electron chi connectivity index (χ2n) is 8.58. The normalized spacial score (nSPS) is 17.2. The van der Waals surface area contributed by atoms with Crippen molar-refractivity contribution in [3.63, 3.8) is 0 Å². The van der Waals surface area contributed by atoms with E-state index in [2.05, 4.69) is 29.3 Å². The molecular formula is C28H33N3O3S. The van der Waals surface area contributed by atoms with E-state index in [1.807, 2.05) is 60.0 Å². The number of hydrogen-bond donors (Lipinski definition) is 1. The minimum absolute atomic E-state index is 0.0477. The van der Waals surface area contributed by atoms with Gasteiger partial charge in [-0.2, -0.15) is 0 Å². The van der Waals surface area contributed by atoms with E-state index in [9.17, 15) is 9.59 Å². The van der Waals surface area contributed by atoms with Gasteiger partial charge in [-0.3, -0.25) is 9.59 Å². The first-order valence-electron chi connectivity index (χ1n) is 12.2. The fourth-order valence-corrected chi connectivity index (χ4v) is 5.66. The summed E-state index contributed by atoms with van der Waals surface area (Å²) in [5.74, 6) is -0.578. The Morgan fingerprint density at radius 3 is 2.57 bits per heavy atom. The summed E-state index contributed by atoms with van der Waals surface area (Å²) in [6.45, 7) is 5.32. The Kier molecular flexibility index (Phi) is 8.55. The zero-order chi connectivity index (χ0) is 24.6. The van der Waals surface area contributed by atoms with Crippen LogP contribution in [0.15, 0.2) is 72.1 Å². The van der Waals surface area contributed by atoms with Gasteiger partial charge in [-0.05, 0) is 48.6 Å². The van der Waals surface area contributed by atoms with Crippen molar-refractivity contribution in [2.75, 3.05) is 44.8 Å². The lowest BCUT2D eigenvalue weighted by molar-refractivity contribution is -0.124. The Morgan fingerprint density at radius 1 is 1.09 bits per heavy atom. The van der Waals surface area contributed by atoms with Crippen LogP contribution in [0.25, 0.3) is 0 Å². The fraction of sp³-hybridized carbons (Fsp3) is 0.357. The summed E-state index contributed by atoms with van der Waals surface area (Å²) in [4.78, 5) is 32.2. The van der Waals surface area contributed by atoms with Crippen LogP contribution in [-0.4, -0.2) is 56.6 Å².